The standard InChI is InChI=1S/C17H25N5/c1-12(2)10-18-16-21-15(11-19-22-16)20-14-9-7-6-8-13(14)17(3,4)5/h6-9,11-12H,10H2,1-5H3,(H2,18,20,21,22). The molecule has 1 aromatic carbocycles. The van der Waals surface area contributed by atoms with E-state index >= 15 is 0 Å². The van der Waals surface area contributed by atoms with E-state index in [1.807, 2.05) is 6.07 Å². The molecule has 1 aromatic heterocycles. The largest absolute Gasteiger partial charge is 0.353 e. The normalized spacial score (nSPS) is 11.5. The molecule has 0 aliphatic rings. The number of benzene rings is 1. The van der Waals surface area contributed by atoms with Crippen molar-refractivity contribution in [2.75, 3.05) is 17.2 Å². The van der Waals surface area contributed by atoms with Crippen LogP contribution in [0.3, 0.4) is 0 Å². The fourth-order valence-corrected chi connectivity index (χ4v) is 2.12. The van der Waals surface area contributed by atoms with Crippen molar-refractivity contribution in [2.24, 2.45) is 5.92 Å². The summed E-state index contributed by atoms with van der Waals surface area (Å²) in [5, 5.41) is 14.6. The van der Waals surface area contributed by atoms with Crippen molar-refractivity contribution in [1.29, 1.82) is 0 Å². The third-order valence-corrected chi connectivity index (χ3v) is 3.23. The molecule has 5 heteroatoms. The summed E-state index contributed by atoms with van der Waals surface area (Å²) in [5.74, 6) is 1.77. The number of aromatic nitrogens is 3. The Hall–Kier alpha value is -2.17. The third kappa shape index (κ3) is 4.41. The topological polar surface area (TPSA) is 62.7 Å². The Morgan fingerprint density at radius 2 is 1.86 bits per heavy atom. The highest BCUT2D eigenvalue weighted by Crippen LogP contribution is 2.30. The van der Waals surface area contributed by atoms with Crippen molar-refractivity contribution in [3.63, 3.8) is 0 Å². The van der Waals surface area contributed by atoms with E-state index in [-0.39, 0.29) is 5.41 Å². The second-order valence-electron chi connectivity index (χ2n) is 6.86. The minimum atomic E-state index is 0.0583. The third-order valence-electron chi connectivity index (χ3n) is 3.23. The van der Waals surface area contributed by atoms with Gasteiger partial charge in [-0.2, -0.15) is 10.1 Å². The molecular weight excluding hydrogens is 274 g/mol. The molecule has 2 N–H and O–H groups in total. The molecule has 0 aliphatic heterocycles. The van der Waals surface area contributed by atoms with Gasteiger partial charge in [-0.1, -0.05) is 52.8 Å². The van der Waals surface area contributed by atoms with E-state index in [2.05, 4.69) is 78.6 Å². The number of hydrogen-bond donors (Lipinski definition) is 2. The lowest BCUT2D eigenvalue weighted by Crippen LogP contribution is -2.14. The minimum Gasteiger partial charge on any atom is -0.353 e. The molecule has 2 rings (SSSR count). The summed E-state index contributed by atoms with van der Waals surface area (Å²) < 4.78 is 0. The van der Waals surface area contributed by atoms with Crippen molar-refractivity contribution < 1.29 is 0 Å². The lowest BCUT2D eigenvalue weighted by molar-refractivity contribution is 0.592. The lowest BCUT2D eigenvalue weighted by Gasteiger charge is -2.23. The maximum absolute atomic E-state index is 4.47. The number of hydrogen-bond acceptors (Lipinski definition) is 5. The minimum absolute atomic E-state index is 0.0583. The van der Waals surface area contributed by atoms with Crippen molar-refractivity contribution in [2.45, 2.75) is 40.0 Å². The van der Waals surface area contributed by atoms with Gasteiger partial charge in [0.05, 0.1) is 6.20 Å². The van der Waals surface area contributed by atoms with E-state index in [9.17, 15) is 0 Å². The van der Waals surface area contributed by atoms with Crippen LogP contribution in [0.5, 0.6) is 0 Å². The smallest absolute Gasteiger partial charge is 0.244 e. The zero-order valence-electron chi connectivity index (χ0n) is 14.0. The summed E-state index contributed by atoms with van der Waals surface area (Å²) in [7, 11) is 0. The number of nitrogens with zero attached hydrogens (tertiary/aromatic N) is 3. The van der Waals surface area contributed by atoms with Crippen LogP contribution >= 0.6 is 0 Å². The first-order chi connectivity index (χ1) is 10.4. The molecule has 0 bridgehead atoms. The van der Waals surface area contributed by atoms with Crippen LogP contribution < -0.4 is 10.6 Å². The molecule has 5 nitrogen and oxygen atoms in total. The number of anilines is 3. The molecule has 118 valence electrons. The van der Waals surface area contributed by atoms with E-state index in [0.717, 1.165) is 12.2 Å². The summed E-state index contributed by atoms with van der Waals surface area (Å²) in [6, 6.07) is 8.27. The molecule has 0 amide bonds. The second-order valence-corrected chi connectivity index (χ2v) is 6.86. The molecule has 0 fully saturated rings. The molecular formula is C17H25N5. The molecule has 0 atom stereocenters. The average molecular weight is 299 g/mol. The predicted octanol–water partition coefficient (Wildman–Crippen LogP) is 3.98. The molecule has 1 heterocycles. The summed E-state index contributed by atoms with van der Waals surface area (Å²) in [5.41, 5.74) is 2.35. The fourth-order valence-electron chi connectivity index (χ4n) is 2.12. The highest BCUT2D eigenvalue weighted by molar-refractivity contribution is 5.62. The van der Waals surface area contributed by atoms with E-state index in [1.165, 1.54) is 5.56 Å². The van der Waals surface area contributed by atoms with Gasteiger partial charge in [-0.15, -0.1) is 5.10 Å². The van der Waals surface area contributed by atoms with Crippen LogP contribution in [0.4, 0.5) is 17.5 Å². The monoisotopic (exact) mass is 299 g/mol. The highest BCUT2D eigenvalue weighted by Gasteiger charge is 2.17. The van der Waals surface area contributed by atoms with Gasteiger partial charge in [0.25, 0.3) is 0 Å². The van der Waals surface area contributed by atoms with Crippen molar-refractivity contribution in [1.82, 2.24) is 15.2 Å². The maximum atomic E-state index is 4.47. The predicted molar refractivity (Wildman–Crippen MR) is 91.6 cm³/mol. The Kier molecular flexibility index (Phi) is 4.96. The summed E-state index contributed by atoms with van der Waals surface area (Å²) in [4.78, 5) is 4.47. The summed E-state index contributed by atoms with van der Waals surface area (Å²) in [6.45, 7) is 11.7. The fraction of sp³-hybridized carbons (Fsp3) is 0.471. The lowest BCUT2D eigenvalue weighted by atomic mass is 9.86. The molecule has 0 saturated carbocycles. The SMILES string of the molecule is CC(C)CNc1nncc(Nc2ccccc2C(C)(C)C)n1. The van der Waals surface area contributed by atoms with E-state index < -0.39 is 0 Å². The first-order valence-electron chi connectivity index (χ1n) is 7.66. The van der Waals surface area contributed by atoms with Crippen LogP contribution in [-0.2, 0) is 5.41 Å². The first-order valence-corrected chi connectivity index (χ1v) is 7.66. The van der Waals surface area contributed by atoms with Gasteiger partial charge in [0.2, 0.25) is 5.95 Å². The van der Waals surface area contributed by atoms with E-state index in [4.69, 9.17) is 0 Å². The molecule has 22 heavy (non-hydrogen) atoms. The van der Waals surface area contributed by atoms with Crippen molar-refractivity contribution >= 4 is 17.5 Å². The number of para-hydroxylation sites is 1. The van der Waals surface area contributed by atoms with Gasteiger partial charge in [0.15, 0.2) is 5.82 Å². The van der Waals surface area contributed by atoms with Gasteiger partial charge in [-0.3, -0.25) is 0 Å². The van der Waals surface area contributed by atoms with E-state index in [0.29, 0.717) is 17.7 Å². The van der Waals surface area contributed by atoms with Crippen LogP contribution in [0.1, 0.15) is 40.2 Å². The molecule has 0 unspecified atom stereocenters. The van der Waals surface area contributed by atoms with Crippen LogP contribution in [0.2, 0.25) is 0 Å². The molecule has 0 saturated heterocycles. The molecule has 2 aromatic rings. The number of nitrogens with one attached hydrogen (secondary N) is 2. The van der Waals surface area contributed by atoms with Crippen molar-refractivity contribution in [3.05, 3.63) is 36.0 Å². The average Bonchev–Trinajstić information content (AvgIpc) is 2.45. The van der Waals surface area contributed by atoms with Crippen LogP contribution in [0.15, 0.2) is 30.5 Å². The van der Waals surface area contributed by atoms with Gasteiger partial charge in [-0.05, 0) is 23.0 Å². The molecule has 0 radical (unpaired) electrons. The van der Waals surface area contributed by atoms with E-state index in [1.54, 1.807) is 6.20 Å². The zero-order valence-corrected chi connectivity index (χ0v) is 14.0. The van der Waals surface area contributed by atoms with Crippen LogP contribution in [0.25, 0.3) is 0 Å². The van der Waals surface area contributed by atoms with Gasteiger partial charge in [-0.25, -0.2) is 0 Å². The molecule has 0 spiro atoms. The van der Waals surface area contributed by atoms with Gasteiger partial charge in [0, 0.05) is 12.2 Å². The second kappa shape index (κ2) is 6.73. The quantitative estimate of drug-likeness (QED) is 0.874. The Morgan fingerprint density at radius 1 is 1.14 bits per heavy atom. The zero-order chi connectivity index (χ0) is 16.2. The highest BCUT2D eigenvalue weighted by atomic mass is 15.3. The van der Waals surface area contributed by atoms with Crippen molar-refractivity contribution in [3.8, 4) is 0 Å². The Labute approximate surface area is 132 Å². The van der Waals surface area contributed by atoms with Gasteiger partial charge in [0.1, 0.15) is 0 Å². The van der Waals surface area contributed by atoms with Gasteiger partial charge < -0.3 is 10.6 Å². The Morgan fingerprint density at radius 3 is 2.55 bits per heavy atom. The van der Waals surface area contributed by atoms with Crippen LogP contribution in [0, 0.1) is 5.92 Å². The first kappa shape index (κ1) is 16.2. The van der Waals surface area contributed by atoms with Crippen LogP contribution in [-0.4, -0.2) is 21.7 Å². The Balaban J connectivity index is 2.19. The summed E-state index contributed by atoms with van der Waals surface area (Å²) in [6.07, 6.45) is 1.64. The van der Waals surface area contributed by atoms with Gasteiger partial charge >= 0.3 is 0 Å². The maximum Gasteiger partial charge on any atom is 0.244 e. The summed E-state index contributed by atoms with van der Waals surface area (Å²) >= 11 is 0. The molecule has 0 aliphatic carbocycles. The Bertz CT molecular complexity index is 616. The number of rotatable bonds is 5.